The van der Waals surface area contributed by atoms with Gasteiger partial charge in [0.15, 0.2) is 0 Å². The molecule has 0 unspecified atom stereocenters. The maximum atomic E-state index is 12.2. The largest absolute Gasteiger partial charge is 0.453 e. The molecule has 1 fully saturated rings. The number of likely N-dealkylation sites (tertiary alicyclic amines) is 1. The monoisotopic (exact) mass is 243 g/mol. The molecule has 17 heavy (non-hydrogen) atoms. The van der Waals surface area contributed by atoms with Gasteiger partial charge in [0, 0.05) is 6.54 Å². The van der Waals surface area contributed by atoms with Gasteiger partial charge in [-0.05, 0) is 18.8 Å². The van der Waals surface area contributed by atoms with Crippen molar-refractivity contribution in [2.45, 2.75) is 38.9 Å². The molecule has 0 spiro atoms. The van der Waals surface area contributed by atoms with Crippen LogP contribution in [0.2, 0.25) is 0 Å². The number of rotatable bonds is 3. The molecular weight excluding hydrogens is 222 g/mol. The lowest BCUT2D eigenvalue weighted by Crippen LogP contribution is -2.54. The first-order chi connectivity index (χ1) is 7.97. The topological polar surface area (TPSA) is 84.7 Å². The first kappa shape index (κ1) is 13.8. The van der Waals surface area contributed by atoms with Gasteiger partial charge in [0.1, 0.15) is 6.04 Å². The van der Waals surface area contributed by atoms with E-state index in [-0.39, 0.29) is 18.0 Å². The van der Waals surface area contributed by atoms with E-state index in [2.05, 4.69) is 10.1 Å². The minimum Gasteiger partial charge on any atom is -0.453 e. The standard InChI is InChI=1S/C11H21N3O3/c1-7(2)9(13-11(16)17-3)10(15)14-6-4-5-8(14)12/h7-9H,4-6,12H2,1-3H3,(H,13,16)/t8-,9-/m0/s1. The molecule has 3 N–H and O–H groups in total. The third-order valence-corrected chi connectivity index (χ3v) is 2.97. The highest BCUT2D eigenvalue weighted by Crippen LogP contribution is 2.16. The third kappa shape index (κ3) is 3.33. The molecule has 1 heterocycles. The van der Waals surface area contributed by atoms with Crippen molar-refractivity contribution in [3.05, 3.63) is 0 Å². The fourth-order valence-electron chi connectivity index (χ4n) is 1.94. The average molecular weight is 243 g/mol. The molecule has 0 saturated carbocycles. The number of carbonyl (C=O) groups is 2. The summed E-state index contributed by atoms with van der Waals surface area (Å²) in [5.74, 6) is -0.134. The van der Waals surface area contributed by atoms with Crippen LogP contribution in [0.1, 0.15) is 26.7 Å². The maximum absolute atomic E-state index is 12.2. The SMILES string of the molecule is COC(=O)N[C@H](C(=O)N1CCC[C@H]1N)C(C)C. The first-order valence-electron chi connectivity index (χ1n) is 5.88. The summed E-state index contributed by atoms with van der Waals surface area (Å²) in [6.07, 6.45) is 0.901. The number of amides is 2. The first-order valence-corrected chi connectivity index (χ1v) is 5.88. The Morgan fingerprint density at radius 2 is 2.12 bits per heavy atom. The molecule has 1 saturated heterocycles. The van der Waals surface area contributed by atoms with Crippen LogP contribution < -0.4 is 11.1 Å². The molecule has 2 amide bonds. The van der Waals surface area contributed by atoms with E-state index >= 15 is 0 Å². The predicted octanol–water partition coefficient (Wildman–Crippen LogP) is 0.274. The van der Waals surface area contributed by atoms with Gasteiger partial charge in [0.25, 0.3) is 0 Å². The number of carbonyl (C=O) groups excluding carboxylic acids is 2. The molecule has 0 aromatic rings. The Hall–Kier alpha value is -1.30. The predicted molar refractivity (Wildman–Crippen MR) is 63.1 cm³/mol. The van der Waals surface area contributed by atoms with E-state index in [4.69, 9.17) is 5.73 Å². The zero-order chi connectivity index (χ0) is 13.0. The van der Waals surface area contributed by atoms with E-state index in [0.29, 0.717) is 6.54 Å². The van der Waals surface area contributed by atoms with Crippen LogP contribution in [0.5, 0.6) is 0 Å². The third-order valence-electron chi connectivity index (χ3n) is 2.97. The number of hydrogen-bond donors (Lipinski definition) is 2. The number of methoxy groups -OCH3 is 1. The normalized spacial score (nSPS) is 21.5. The number of nitrogens with zero attached hydrogens (tertiary/aromatic N) is 1. The molecule has 0 aromatic heterocycles. The Morgan fingerprint density at radius 3 is 2.53 bits per heavy atom. The van der Waals surface area contributed by atoms with Crippen LogP contribution in [0, 0.1) is 5.92 Å². The Morgan fingerprint density at radius 1 is 1.47 bits per heavy atom. The molecule has 0 aliphatic carbocycles. The minimum atomic E-state index is -0.593. The second-order valence-electron chi connectivity index (χ2n) is 4.60. The summed E-state index contributed by atoms with van der Waals surface area (Å²) in [7, 11) is 1.28. The lowest BCUT2D eigenvalue weighted by Gasteiger charge is -2.28. The molecule has 0 bridgehead atoms. The highest BCUT2D eigenvalue weighted by molar-refractivity contribution is 5.86. The number of ether oxygens (including phenoxy) is 1. The second-order valence-corrected chi connectivity index (χ2v) is 4.60. The van der Waals surface area contributed by atoms with Crippen LogP contribution in [0.25, 0.3) is 0 Å². The number of hydrogen-bond acceptors (Lipinski definition) is 4. The van der Waals surface area contributed by atoms with E-state index < -0.39 is 12.1 Å². The Labute approximate surface area is 101 Å². The molecule has 0 radical (unpaired) electrons. The average Bonchev–Trinajstić information content (AvgIpc) is 2.70. The molecule has 2 atom stereocenters. The fourth-order valence-corrected chi connectivity index (χ4v) is 1.94. The summed E-state index contributed by atoms with van der Waals surface area (Å²) in [5, 5.41) is 2.56. The van der Waals surface area contributed by atoms with Crippen molar-refractivity contribution in [1.82, 2.24) is 10.2 Å². The number of nitrogens with two attached hydrogens (primary N) is 1. The Bertz CT molecular complexity index is 294. The lowest BCUT2D eigenvalue weighted by molar-refractivity contribution is -0.135. The highest BCUT2D eigenvalue weighted by Gasteiger charge is 2.33. The van der Waals surface area contributed by atoms with Crippen LogP contribution >= 0.6 is 0 Å². The fraction of sp³-hybridized carbons (Fsp3) is 0.818. The van der Waals surface area contributed by atoms with Gasteiger partial charge in [-0.25, -0.2) is 4.79 Å². The molecule has 1 rings (SSSR count). The van der Waals surface area contributed by atoms with Crippen molar-refractivity contribution < 1.29 is 14.3 Å². The summed E-state index contributed by atoms with van der Waals surface area (Å²) < 4.78 is 4.52. The Kier molecular flexibility index (Phi) is 4.74. The van der Waals surface area contributed by atoms with E-state index in [1.807, 2.05) is 13.8 Å². The lowest BCUT2D eigenvalue weighted by atomic mass is 10.0. The highest BCUT2D eigenvalue weighted by atomic mass is 16.5. The van der Waals surface area contributed by atoms with Crippen LogP contribution in [-0.4, -0.2) is 42.8 Å². The molecule has 1 aliphatic rings. The summed E-state index contributed by atoms with van der Waals surface area (Å²) >= 11 is 0. The van der Waals surface area contributed by atoms with Crippen LogP contribution in [0.15, 0.2) is 0 Å². The van der Waals surface area contributed by atoms with Gasteiger partial charge in [-0.15, -0.1) is 0 Å². The van der Waals surface area contributed by atoms with Gasteiger partial charge in [-0.2, -0.15) is 0 Å². The minimum absolute atomic E-state index is 0.00519. The van der Waals surface area contributed by atoms with Gasteiger partial charge in [-0.1, -0.05) is 13.8 Å². The van der Waals surface area contributed by atoms with Gasteiger partial charge in [-0.3, -0.25) is 4.79 Å². The molecule has 6 heteroatoms. The van der Waals surface area contributed by atoms with Crippen LogP contribution in [0.3, 0.4) is 0 Å². The quantitative estimate of drug-likeness (QED) is 0.745. The van der Waals surface area contributed by atoms with Crippen molar-refractivity contribution in [1.29, 1.82) is 0 Å². The van der Waals surface area contributed by atoms with Crippen molar-refractivity contribution >= 4 is 12.0 Å². The van der Waals surface area contributed by atoms with Gasteiger partial charge in [0.2, 0.25) is 5.91 Å². The van der Waals surface area contributed by atoms with Gasteiger partial charge in [0.05, 0.1) is 13.3 Å². The summed E-state index contributed by atoms with van der Waals surface area (Å²) in [4.78, 5) is 25.0. The van der Waals surface area contributed by atoms with Crippen molar-refractivity contribution in [3.8, 4) is 0 Å². The summed E-state index contributed by atoms with van der Waals surface area (Å²) in [6.45, 7) is 4.41. The number of alkyl carbamates (subject to hydrolysis) is 1. The second kappa shape index (κ2) is 5.86. The van der Waals surface area contributed by atoms with Crippen LogP contribution in [-0.2, 0) is 9.53 Å². The van der Waals surface area contributed by atoms with E-state index in [9.17, 15) is 9.59 Å². The summed E-state index contributed by atoms with van der Waals surface area (Å²) in [6, 6.07) is -0.577. The zero-order valence-electron chi connectivity index (χ0n) is 10.6. The number of nitrogens with one attached hydrogen (secondary N) is 1. The molecule has 1 aliphatic heterocycles. The molecule has 0 aromatic carbocycles. The molecule has 6 nitrogen and oxygen atoms in total. The van der Waals surface area contributed by atoms with Gasteiger partial charge >= 0.3 is 6.09 Å². The van der Waals surface area contributed by atoms with E-state index in [1.165, 1.54) is 7.11 Å². The van der Waals surface area contributed by atoms with Crippen molar-refractivity contribution in [2.75, 3.05) is 13.7 Å². The van der Waals surface area contributed by atoms with Crippen molar-refractivity contribution in [2.24, 2.45) is 11.7 Å². The van der Waals surface area contributed by atoms with Crippen LogP contribution in [0.4, 0.5) is 4.79 Å². The maximum Gasteiger partial charge on any atom is 0.407 e. The molecule has 98 valence electrons. The van der Waals surface area contributed by atoms with E-state index in [0.717, 1.165) is 12.8 Å². The van der Waals surface area contributed by atoms with Gasteiger partial charge < -0.3 is 20.7 Å². The Balaban J connectivity index is 2.69. The zero-order valence-corrected chi connectivity index (χ0v) is 10.6. The smallest absolute Gasteiger partial charge is 0.407 e. The summed E-state index contributed by atoms with van der Waals surface area (Å²) in [5.41, 5.74) is 5.84. The van der Waals surface area contributed by atoms with Crippen molar-refractivity contribution in [3.63, 3.8) is 0 Å². The molecular formula is C11H21N3O3. The van der Waals surface area contributed by atoms with E-state index in [1.54, 1.807) is 4.90 Å².